The molecule has 5 nitrogen and oxygen atoms in total. The standard InChI is InChI=1S/C23H22N4O/c1-4-27-16(3)24-21-14-20(11-12-22(21)27)23(28)26-25-15(2)18-10-9-17-7-5-6-8-19(17)13-18/h5-14H,4H2,1-3H3,(H,26,28). The summed E-state index contributed by atoms with van der Waals surface area (Å²) in [7, 11) is 0. The first-order valence-corrected chi connectivity index (χ1v) is 9.37. The van der Waals surface area contributed by atoms with Gasteiger partial charge in [-0.25, -0.2) is 10.4 Å². The highest BCUT2D eigenvalue weighted by Crippen LogP contribution is 2.18. The van der Waals surface area contributed by atoms with Crippen molar-refractivity contribution >= 4 is 33.4 Å². The van der Waals surface area contributed by atoms with E-state index in [4.69, 9.17) is 0 Å². The van der Waals surface area contributed by atoms with Crippen LogP contribution >= 0.6 is 0 Å². The van der Waals surface area contributed by atoms with E-state index in [1.165, 1.54) is 5.39 Å². The van der Waals surface area contributed by atoms with Gasteiger partial charge in [-0.15, -0.1) is 0 Å². The Bertz CT molecular complexity index is 1220. The van der Waals surface area contributed by atoms with E-state index in [1.54, 1.807) is 0 Å². The number of aryl methyl sites for hydroxylation is 2. The van der Waals surface area contributed by atoms with Gasteiger partial charge in [0, 0.05) is 12.1 Å². The Morgan fingerprint density at radius 3 is 2.57 bits per heavy atom. The van der Waals surface area contributed by atoms with Crippen LogP contribution in [0.15, 0.2) is 65.8 Å². The van der Waals surface area contributed by atoms with Gasteiger partial charge < -0.3 is 4.57 Å². The third-order valence-corrected chi connectivity index (χ3v) is 5.01. The molecule has 0 fully saturated rings. The maximum absolute atomic E-state index is 12.5. The van der Waals surface area contributed by atoms with Crippen molar-refractivity contribution in [3.05, 3.63) is 77.6 Å². The van der Waals surface area contributed by atoms with Crippen LogP contribution in [0, 0.1) is 6.92 Å². The molecule has 0 saturated heterocycles. The number of carbonyl (C=O) groups excluding carboxylic acids is 1. The zero-order chi connectivity index (χ0) is 19.7. The third-order valence-electron chi connectivity index (χ3n) is 5.01. The number of imidazole rings is 1. The van der Waals surface area contributed by atoms with Gasteiger partial charge in [0.15, 0.2) is 0 Å². The first-order valence-electron chi connectivity index (χ1n) is 9.37. The number of hydrogen-bond donors (Lipinski definition) is 1. The molecule has 28 heavy (non-hydrogen) atoms. The summed E-state index contributed by atoms with van der Waals surface area (Å²) in [5.41, 5.74) is 6.79. The van der Waals surface area contributed by atoms with Gasteiger partial charge in [0.2, 0.25) is 0 Å². The van der Waals surface area contributed by atoms with Crippen LogP contribution in [0.25, 0.3) is 21.8 Å². The van der Waals surface area contributed by atoms with Crippen LogP contribution in [0.3, 0.4) is 0 Å². The molecular formula is C23H22N4O. The van der Waals surface area contributed by atoms with E-state index >= 15 is 0 Å². The summed E-state index contributed by atoms with van der Waals surface area (Å²) >= 11 is 0. The fourth-order valence-corrected chi connectivity index (χ4v) is 3.47. The van der Waals surface area contributed by atoms with Crippen molar-refractivity contribution in [2.24, 2.45) is 5.10 Å². The molecule has 0 aliphatic rings. The molecule has 1 aromatic heterocycles. The minimum atomic E-state index is -0.245. The summed E-state index contributed by atoms with van der Waals surface area (Å²) in [5.74, 6) is 0.700. The molecule has 0 saturated carbocycles. The first-order chi connectivity index (χ1) is 13.6. The third kappa shape index (κ3) is 3.27. The second-order valence-corrected chi connectivity index (χ2v) is 6.81. The van der Waals surface area contributed by atoms with Crippen molar-refractivity contribution in [2.45, 2.75) is 27.3 Å². The lowest BCUT2D eigenvalue weighted by Crippen LogP contribution is -2.19. The molecule has 0 radical (unpaired) electrons. The number of benzene rings is 3. The fourth-order valence-electron chi connectivity index (χ4n) is 3.47. The van der Waals surface area contributed by atoms with E-state index in [1.807, 2.05) is 50.2 Å². The number of hydrazone groups is 1. The Morgan fingerprint density at radius 1 is 1.04 bits per heavy atom. The van der Waals surface area contributed by atoms with Crippen molar-refractivity contribution in [1.29, 1.82) is 0 Å². The molecule has 0 bridgehead atoms. The Kier molecular flexibility index (Phi) is 4.65. The number of amides is 1. The summed E-state index contributed by atoms with van der Waals surface area (Å²) in [6.45, 7) is 6.79. The lowest BCUT2D eigenvalue weighted by atomic mass is 10.0. The van der Waals surface area contributed by atoms with Crippen LogP contribution in [0.4, 0.5) is 0 Å². The molecule has 1 N–H and O–H groups in total. The van der Waals surface area contributed by atoms with Gasteiger partial charge in [0.25, 0.3) is 5.91 Å². The molecule has 3 aromatic carbocycles. The van der Waals surface area contributed by atoms with Crippen LogP contribution in [0.2, 0.25) is 0 Å². The number of aromatic nitrogens is 2. The van der Waals surface area contributed by atoms with Gasteiger partial charge in [0.05, 0.1) is 16.7 Å². The summed E-state index contributed by atoms with van der Waals surface area (Å²) in [4.78, 5) is 17.1. The minimum Gasteiger partial charge on any atom is -0.329 e. The Morgan fingerprint density at radius 2 is 1.79 bits per heavy atom. The normalized spacial score (nSPS) is 11.9. The van der Waals surface area contributed by atoms with E-state index in [-0.39, 0.29) is 5.91 Å². The molecule has 0 atom stereocenters. The average Bonchev–Trinajstić information content (AvgIpc) is 3.05. The smallest absolute Gasteiger partial charge is 0.271 e. The van der Waals surface area contributed by atoms with E-state index in [0.29, 0.717) is 5.56 Å². The molecule has 4 aromatic rings. The van der Waals surface area contributed by atoms with Gasteiger partial charge in [-0.2, -0.15) is 5.10 Å². The molecule has 0 spiro atoms. The van der Waals surface area contributed by atoms with Crippen molar-refractivity contribution in [3.63, 3.8) is 0 Å². The highest BCUT2D eigenvalue weighted by molar-refractivity contribution is 6.03. The Labute approximate surface area is 163 Å². The van der Waals surface area contributed by atoms with E-state index in [2.05, 4.69) is 51.3 Å². The number of nitrogens with zero attached hydrogens (tertiary/aromatic N) is 3. The molecule has 1 amide bonds. The second kappa shape index (κ2) is 7.27. The van der Waals surface area contributed by atoms with Gasteiger partial charge in [-0.1, -0.05) is 36.4 Å². The number of nitrogens with one attached hydrogen (secondary N) is 1. The Balaban J connectivity index is 1.56. The topological polar surface area (TPSA) is 59.3 Å². The van der Waals surface area contributed by atoms with Crippen molar-refractivity contribution in [1.82, 2.24) is 15.0 Å². The highest BCUT2D eigenvalue weighted by Gasteiger charge is 2.11. The quantitative estimate of drug-likeness (QED) is 0.419. The molecule has 0 unspecified atom stereocenters. The maximum atomic E-state index is 12.5. The van der Waals surface area contributed by atoms with E-state index < -0.39 is 0 Å². The van der Waals surface area contributed by atoms with Gasteiger partial charge in [-0.05, 0) is 61.4 Å². The molecule has 140 valence electrons. The van der Waals surface area contributed by atoms with Gasteiger partial charge in [0.1, 0.15) is 5.82 Å². The monoisotopic (exact) mass is 370 g/mol. The summed E-state index contributed by atoms with van der Waals surface area (Å²) < 4.78 is 2.12. The molecule has 0 aliphatic carbocycles. The number of carbonyl (C=O) groups is 1. The largest absolute Gasteiger partial charge is 0.329 e. The second-order valence-electron chi connectivity index (χ2n) is 6.81. The lowest BCUT2D eigenvalue weighted by molar-refractivity contribution is 0.0955. The van der Waals surface area contributed by atoms with E-state index in [9.17, 15) is 4.79 Å². The fraction of sp³-hybridized carbons (Fsp3) is 0.174. The van der Waals surface area contributed by atoms with Crippen LogP contribution in [0.5, 0.6) is 0 Å². The lowest BCUT2D eigenvalue weighted by Gasteiger charge is -2.05. The summed E-state index contributed by atoms with van der Waals surface area (Å²) in [6, 6.07) is 19.9. The summed E-state index contributed by atoms with van der Waals surface area (Å²) in [6.07, 6.45) is 0. The first kappa shape index (κ1) is 17.9. The predicted octanol–water partition coefficient (Wildman–Crippen LogP) is 4.67. The van der Waals surface area contributed by atoms with Gasteiger partial charge >= 0.3 is 0 Å². The molecule has 1 heterocycles. The zero-order valence-electron chi connectivity index (χ0n) is 16.2. The van der Waals surface area contributed by atoms with Crippen molar-refractivity contribution in [2.75, 3.05) is 0 Å². The van der Waals surface area contributed by atoms with Crippen LogP contribution in [-0.2, 0) is 6.54 Å². The maximum Gasteiger partial charge on any atom is 0.271 e. The molecule has 4 rings (SSSR count). The molecular weight excluding hydrogens is 348 g/mol. The highest BCUT2D eigenvalue weighted by atomic mass is 16.2. The number of hydrogen-bond acceptors (Lipinski definition) is 3. The van der Waals surface area contributed by atoms with Crippen LogP contribution in [0.1, 0.15) is 35.6 Å². The van der Waals surface area contributed by atoms with Gasteiger partial charge in [-0.3, -0.25) is 4.79 Å². The predicted molar refractivity (Wildman–Crippen MR) is 114 cm³/mol. The summed E-state index contributed by atoms with van der Waals surface area (Å²) in [5, 5.41) is 6.61. The molecule has 5 heteroatoms. The van der Waals surface area contributed by atoms with Crippen molar-refractivity contribution < 1.29 is 4.79 Å². The van der Waals surface area contributed by atoms with E-state index in [0.717, 1.165) is 40.1 Å². The Hall–Kier alpha value is -3.47. The number of fused-ring (bicyclic) bond motifs is 2. The number of rotatable bonds is 4. The van der Waals surface area contributed by atoms with Crippen LogP contribution in [-0.4, -0.2) is 21.2 Å². The molecule has 0 aliphatic heterocycles. The van der Waals surface area contributed by atoms with Crippen LogP contribution < -0.4 is 5.43 Å². The minimum absolute atomic E-state index is 0.245. The van der Waals surface area contributed by atoms with Crippen molar-refractivity contribution in [3.8, 4) is 0 Å². The average molecular weight is 370 g/mol. The zero-order valence-corrected chi connectivity index (χ0v) is 16.2. The SMILES string of the molecule is CCn1c(C)nc2cc(C(=O)NN=C(C)c3ccc4ccccc4c3)ccc21.